The highest BCUT2D eigenvalue weighted by molar-refractivity contribution is 4.87. The summed E-state index contributed by atoms with van der Waals surface area (Å²) in [5.74, 6) is 0. The van der Waals surface area contributed by atoms with Crippen molar-refractivity contribution in [3.63, 3.8) is 0 Å². The molecule has 102 valence electrons. The van der Waals surface area contributed by atoms with Gasteiger partial charge in [0.25, 0.3) is 0 Å². The van der Waals surface area contributed by atoms with Gasteiger partial charge in [-0.05, 0) is 31.2 Å². The molecule has 1 rings (SSSR count). The van der Waals surface area contributed by atoms with Gasteiger partial charge in [-0.25, -0.2) is 0 Å². The van der Waals surface area contributed by atoms with Crippen molar-refractivity contribution in [1.82, 2.24) is 10.2 Å². The summed E-state index contributed by atoms with van der Waals surface area (Å²) >= 11 is 0. The van der Waals surface area contributed by atoms with Gasteiger partial charge in [-0.3, -0.25) is 0 Å². The van der Waals surface area contributed by atoms with E-state index in [1.165, 1.54) is 38.9 Å². The van der Waals surface area contributed by atoms with E-state index < -0.39 is 0 Å². The van der Waals surface area contributed by atoms with E-state index in [9.17, 15) is 0 Å². The number of ether oxygens (including phenoxy) is 1. The SMILES string of the molecule is COCCCCCN1CCNC(C(C)(C)C)C1. The first-order valence-electron chi connectivity index (χ1n) is 6.98. The normalized spacial score (nSPS) is 22.9. The molecular formula is C14H30N2O. The third-order valence-corrected chi connectivity index (χ3v) is 3.63. The molecule has 17 heavy (non-hydrogen) atoms. The molecule has 1 fully saturated rings. The number of rotatable bonds is 6. The molecule has 0 aromatic carbocycles. The van der Waals surface area contributed by atoms with Gasteiger partial charge >= 0.3 is 0 Å². The molecule has 1 aliphatic rings. The first-order valence-corrected chi connectivity index (χ1v) is 6.98. The van der Waals surface area contributed by atoms with Gasteiger partial charge in [-0.1, -0.05) is 20.8 Å². The van der Waals surface area contributed by atoms with E-state index in [2.05, 4.69) is 31.0 Å². The summed E-state index contributed by atoms with van der Waals surface area (Å²) in [7, 11) is 1.78. The molecule has 1 heterocycles. The standard InChI is InChI=1S/C14H30N2O/c1-14(2,3)13-12-16(10-8-15-13)9-6-5-7-11-17-4/h13,15H,5-12H2,1-4H3. The van der Waals surface area contributed by atoms with E-state index in [0.29, 0.717) is 11.5 Å². The minimum atomic E-state index is 0.370. The van der Waals surface area contributed by atoms with E-state index in [1.807, 2.05) is 0 Å². The number of methoxy groups -OCH3 is 1. The molecule has 0 radical (unpaired) electrons. The van der Waals surface area contributed by atoms with Crippen LogP contribution >= 0.6 is 0 Å². The minimum Gasteiger partial charge on any atom is -0.385 e. The fourth-order valence-electron chi connectivity index (χ4n) is 2.35. The molecule has 3 heteroatoms. The smallest absolute Gasteiger partial charge is 0.0462 e. The molecule has 1 atom stereocenters. The Morgan fingerprint density at radius 3 is 2.65 bits per heavy atom. The Morgan fingerprint density at radius 2 is 2.00 bits per heavy atom. The van der Waals surface area contributed by atoms with E-state index >= 15 is 0 Å². The van der Waals surface area contributed by atoms with Gasteiger partial charge in [0.2, 0.25) is 0 Å². The summed E-state index contributed by atoms with van der Waals surface area (Å²) in [6.45, 7) is 12.7. The van der Waals surface area contributed by atoms with E-state index in [4.69, 9.17) is 4.74 Å². The number of hydrogen-bond acceptors (Lipinski definition) is 3. The predicted octanol–water partition coefficient (Wildman–Crippen LogP) is 2.12. The molecule has 0 amide bonds. The van der Waals surface area contributed by atoms with Crippen molar-refractivity contribution in [2.24, 2.45) is 5.41 Å². The molecule has 0 bridgehead atoms. The Morgan fingerprint density at radius 1 is 1.24 bits per heavy atom. The van der Waals surface area contributed by atoms with Gasteiger partial charge in [0.15, 0.2) is 0 Å². The predicted molar refractivity (Wildman–Crippen MR) is 73.4 cm³/mol. The van der Waals surface area contributed by atoms with Gasteiger partial charge in [-0.2, -0.15) is 0 Å². The van der Waals surface area contributed by atoms with Crippen molar-refractivity contribution in [3.05, 3.63) is 0 Å². The fourth-order valence-corrected chi connectivity index (χ4v) is 2.35. The lowest BCUT2D eigenvalue weighted by atomic mass is 9.85. The summed E-state index contributed by atoms with van der Waals surface area (Å²) in [6, 6.07) is 0.634. The van der Waals surface area contributed by atoms with Crippen LogP contribution in [0.15, 0.2) is 0 Å². The Labute approximate surface area is 107 Å². The van der Waals surface area contributed by atoms with Crippen LogP contribution in [0.2, 0.25) is 0 Å². The molecule has 0 aliphatic carbocycles. The third kappa shape index (κ3) is 5.84. The molecule has 0 aromatic heterocycles. The highest BCUT2D eigenvalue weighted by Crippen LogP contribution is 2.21. The van der Waals surface area contributed by atoms with Crippen LogP contribution in [-0.2, 0) is 4.74 Å². The molecular weight excluding hydrogens is 212 g/mol. The molecule has 1 N–H and O–H groups in total. The summed E-state index contributed by atoms with van der Waals surface area (Å²) < 4.78 is 5.07. The number of hydrogen-bond donors (Lipinski definition) is 1. The number of nitrogens with one attached hydrogen (secondary N) is 1. The van der Waals surface area contributed by atoms with Crippen LogP contribution < -0.4 is 5.32 Å². The second kappa shape index (κ2) is 7.34. The Balaban J connectivity index is 2.17. The molecule has 0 saturated carbocycles. The molecule has 1 saturated heterocycles. The third-order valence-electron chi connectivity index (χ3n) is 3.63. The van der Waals surface area contributed by atoms with Crippen molar-refractivity contribution in [2.75, 3.05) is 39.9 Å². The highest BCUT2D eigenvalue weighted by Gasteiger charge is 2.28. The van der Waals surface area contributed by atoms with Gasteiger partial charge in [0.05, 0.1) is 0 Å². The molecule has 1 unspecified atom stereocenters. The summed E-state index contributed by atoms with van der Waals surface area (Å²) in [4.78, 5) is 2.61. The zero-order valence-electron chi connectivity index (χ0n) is 12.1. The van der Waals surface area contributed by atoms with Crippen LogP contribution in [0.3, 0.4) is 0 Å². The average molecular weight is 242 g/mol. The van der Waals surface area contributed by atoms with Gasteiger partial charge < -0.3 is 15.0 Å². The number of nitrogens with zero attached hydrogens (tertiary/aromatic N) is 1. The van der Waals surface area contributed by atoms with Gasteiger partial charge in [-0.15, -0.1) is 0 Å². The van der Waals surface area contributed by atoms with E-state index in [-0.39, 0.29) is 0 Å². The zero-order valence-corrected chi connectivity index (χ0v) is 12.1. The number of unbranched alkanes of at least 4 members (excludes halogenated alkanes) is 2. The maximum atomic E-state index is 5.07. The minimum absolute atomic E-state index is 0.370. The van der Waals surface area contributed by atoms with Crippen LogP contribution in [0.1, 0.15) is 40.0 Å². The highest BCUT2D eigenvalue weighted by atomic mass is 16.5. The zero-order chi connectivity index (χ0) is 12.7. The molecule has 1 aliphatic heterocycles. The quantitative estimate of drug-likeness (QED) is 0.722. The van der Waals surface area contributed by atoms with Gasteiger partial charge in [0.1, 0.15) is 0 Å². The Bertz CT molecular complexity index is 201. The lowest BCUT2D eigenvalue weighted by Gasteiger charge is -2.40. The van der Waals surface area contributed by atoms with Crippen molar-refractivity contribution < 1.29 is 4.74 Å². The van der Waals surface area contributed by atoms with Crippen molar-refractivity contribution >= 4 is 0 Å². The first-order chi connectivity index (χ1) is 8.04. The lowest BCUT2D eigenvalue weighted by Crippen LogP contribution is -2.55. The molecule has 3 nitrogen and oxygen atoms in total. The second-order valence-corrected chi connectivity index (χ2v) is 6.23. The van der Waals surface area contributed by atoms with Crippen molar-refractivity contribution in [2.45, 2.75) is 46.1 Å². The second-order valence-electron chi connectivity index (χ2n) is 6.23. The van der Waals surface area contributed by atoms with E-state index in [1.54, 1.807) is 7.11 Å². The summed E-state index contributed by atoms with van der Waals surface area (Å²) in [5, 5.41) is 3.64. The lowest BCUT2D eigenvalue weighted by molar-refractivity contribution is 0.131. The summed E-state index contributed by atoms with van der Waals surface area (Å²) in [6.07, 6.45) is 3.80. The fraction of sp³-hybridized carbons (Fsp3) is 1.00. The maximum Gasteiger partial charge on any atom is 0.0462 e. The molecule has 0 spiro atoms. The Hall–Kier alpha value is -0.120. The van der Waals surface area contributed by atoms with Crippen LogP contribution in [0, 0.1) is 5.41 Å². The average Bonchev–Trinajstić information content (AvgIpc) is 2.28. The van der Waals surface area contributed by atoms with Crippen molar-refractivity contribution in [3.8, 4) is 0 Å². The van der Waals surface area contributed by atoms with Crippen LogP contribution in [-0.4, -0.2) is 50.8 Å². The van der Waals surface area contributed by atoms with Crippen molar-refractivity contribution in [1.29, 1.82) is 0 Å². The maximum absolute atomic E-state index is 5.07. The van der Waals surface area contributed by atoms with Crippen LogP contribution in [0.25, 0.3) is 0 Å². The van der Waals surface area contributed by atoms with Gasteiger partial charge in [0, 0.05) is 39.4 Å². The van der Waals surface area contributed by atoms with E-state index in [0.717, 1.165) is 13.2 Å². The Kier molecular flexibility index (Phi) is 6.45. The topological polar surface area (TPSA) is 24.5 Å². The summed E-state index contributed by atoms with van der Waals surface area (Å²) in [5.41, 5.74) is 0.370. The number of piperazine rings is 1. The largest absolute Gasteiger partial charge is 0.385 e. The van der Waals surface area contributed by atoms with Crippen LogP contribution in [0.4, 0.5) is 0 Å². The monoisotopic (exact) mass is 242 g/mol. The molecule has 0 aromatic rings. The van der Waals surface area contributed by atoms with Crippen LogP contribution in [0.5, 0.6) is 0 Å². The first kappa shape index (κ1) is 14.9.